The Morgan fingerprint density at radius 1 is 0.369 bits per heavy atom. The summed E-state index contributed by atoms with van der Waals surface area (Å²) in [6.07, 6.45) is 2.93. The summed E-state index contributed by atoms with van der Waals surface area (Å²) in [7, 11) is 0. The molecule has 0 amide bonds. The van der Waals surface area contributed by atoms with Gasteiger partial charge in [-0.25, -0.2) is 0 Å². The first-order valence-corrected chi connectivity index (χ1v) is 23.1. The monoisotopic (exact) mass is 842 g/mol. The maximum Gasteiger partial charge on any atom is 0.159 e. The third kappa shape index (κ3) is 5.97. The standard InChI is InChI=1S/C61H50N2O2/c1-7-13-43-15-10-17-45-47-19-12-21-53(61(47)65-59(43)45)63(55-35-37(4)23-25-39(55)6)51-33-29-42-26-30-48-50(32-28-41-27-31-49(51)57(42)56(41)48)62(54-34-36(3)22-24-38(54)5)52-20-11-18-46-44-16-9-14-40(8-2)58(44)64-60(46)52/h9-12,14-35H,7-8,13H2,1-6H3. The Bertz CT molecular complexity index is 3850. The first-order valence-electron chi connectivity index (χ1n) is 23.1. The highest BCUT2D eigenvalue weighted by molar-refractivity contribution is 6.29. The van der Waals surface area contributed by atoms with Crippen molar-refractivity contribution in [3.63, 3.8) is 0 Å². The van der Waals surface area contributed by atoms with E-state index in [2.05, 4.69) is 209 Å². The van der Waals surface area contributed by atoms with E-state index in [0.29, 0.717) is 0 Å². The summed E-state index contributed by atoms with van der Waals surface area (Å²) >= 11 is 0. The molecule has 316 valence electrons. The molecule has 0 radical (unpaired) electrons. The van der Waals surface area contributed by atoms with Crippen molar-refractivity contribution in [3.05, 3.63) is 191 Å². The third-order valence-electron chi connectivity index (χ3n) is 13.9. The number of furan rings is 2. The average molecular weight is 843 g/mol. The number of para-hydroxylation sites is 4. The van der Waals surface area contributed by atoms with E-state index in [1.54, 1.807) is 0 Å². The number of fused-ring (bicyclic) bond motifs is 6. The van der Waals surface area contributed by atoms with Crippen molar-refractivity contribution >= 4 is 110 Å². The number of anilines is 6. The van der Waals surface area contributed by atoms with Crippen LogP contribution in [-0.4, -0.2) is 0 Å². The summed E-state index contributed by atoms with van der Waals surface area (Å²) in [5, 5.41) is 11.8. The Morgan fingerprint density at radius 2 is 0.800 bits per heavy atom. The lowest BCUT2D eigenvalue weighted by molar-refractivity contribution is 0.661. The molecular weight excluding hydrogens is 793 g/mol. The fourth-order valence-corrected chi connectivity index (χ4v) is 10.7. The topological polar surface area (TPSA) is 32.8 Å². The number of hydrogen-bond donors (Lipinski definition) is 0. The van der Waals surface area contributed by atoms with Crippen molar-refractivity contribution in [2.24, 2.45) is 0 Å². The van der Waals surface area contributed by atoms with Gasteiger partial charge in [-0.2, -0.15) is 0 Å². The van der Waals surface area contributed by atoms with Crippen molar-refractivity contribution in [1.82, 2.24) is 0 Å². The molecule has 0 aliphatic carbocycles. The minimum absolute atomic E-state index is 0.892. The van der Waals surface area contributed by atoms with E-state index in [1.807, 2.05) is 0 Å². The maximum atomic E-state index is 7.04. The molecule has 2 aromatic heterocycles. The van der Waals surface area contributed by atoms with Gasteiger partial charge < -0.3 is 18.6 Å². The molecule has 65 heavy (non-hydrogen) atoms. The van der Waals surface area contributed by atoms with Gasteiger partial charge in [0.1, 0.15) is 11.2 Å². The van der Waals surface area contributed by atoms with Crippen LogP contribution in [-0.2, 0) is 12.8 Å². The van der Waals surface area contributed by atoms with Gasteiger partial charge in [-0.15, -0.1) is 0 Å². The zero-order valence-corrected chi connectivity index (χ0v) is 37.8. The quantitative estimate of drug-likeness (QED) is 0.136. The molecule has 0 saturated heterocycles. The van der Waals surface area contributed by atoms with Gasteiger partial charge in [0.05, 0.1) is 22.7 Å². The molecule has 2 heterocycles. The van der Waals surface area contributed by atoms with E-state index in [-0.39, 0.29) is 0 Å². The summed E-state index contributed by atoms with van der Waals surface area (Å²) in [6.45, 7) is 13.2. The number of benzene rings is 10. The van der Waals surface area contributed by atoms with Crippen LogP contribution in [0.1, 0.15) is 53.6 Å². The lowest BCUT2D eigenvalue weighted by Gasteiger charge is -2.30. The van der Waals surface area contributed by atoms with E-state index >= 15 is 0 Å². The highest BCUT2D eigenvalue weighted by atomic mass is 16.3. The van der Waals surface area contributed by atoms with Crippen LogP contribution in [0.4, 0.5) is 34.1 Å². The molecular formula is C61H50N2O2. The van der Waals surface area contributed by atoms with E-state index in [9.17, 15) is 0 Å². The first-order chi connectivity index (χ1) is 31.8. The van der Waals surface area contributed by atoms with Crippen LogP contribution in [0.25, 0.3) is 76.2 Å². The summed E-state index contributed by atoms with van der Waals surface area (Å²) in [5.41, 5.74) is 17.5. The highest BCUT2D eigenvalue weighted by Gasteiger charge is 2.27. The van der Waals surface area contributed by atoms with E-state index in [1.165, 1.54) is 65.7 Å². The summed E-state index contributed by atoms with van der Waals surface area (Å²) in [6, 6.07) is 58.4. The van der Waals surface area contributed by atoms with Gasteiger partial charge in [-0.05, 0) is 132 Å². The molecule has 0 aliphatic heterocycles. The molecule has 0 aliphatic rings. The van der Waals surface area contributed by atoms with Crippen LogP contribution < -0.4 is 9.80 Å². The van der Waals surface area contributed by atoms with Gasteiger partial charge >= 0.3 is 0 Å². The lowest BCUT2D eigenvalue weighted by atomic mass is 9.91. The van der Waals surface area contributed by atoms with Crippen molar-refractivity contribution in [2.45, 2.75) is 60.8 Å². The fraction of sp³-hybridized carbons (Fsp3) is 0.148. The molecule has 10 aromatic carbocycles. The number of nitrogens with zero attached hydrogens (tertiary/aromatic N) is 2. The molecule has 12 rings (SSSR count). The average Bonchev–Trinajstić information content (AvgIpc) is 3.92. The fourth-order valence-electron chi connectivity index (χ4n) is 10.7. The third-order valence-corrected chi connectivity index (χ3v) is 13.9. The van der Waals surface area contributed by atoms with Gasteiger partial charge in [-0.1, -0.05) is 142 Å². The predicted molar refractivity (Wildman–Crippen MR) is 276 cm³/mol. The van der Waals surface area contributed by atoms with Crippen LogP contribution in [0.5, 0.6) is 0 Å². The molecule has 4 heteroatoms. The molecule has 0 N–H and O–H groups in total. The Balaban J connectivity index is 1.14. The van der Waals surface area contributed by atoms with Crippen LogP contribution in [0.3, 0.4) is 0 Å². The first kappa shape index (κ1) is 39.1. The van der Waals surface area contributed by atoms with Gasteiger partial charge in [0.25, 0.3) is 0 Å². The van der Waals surface area contributed by atoms with Crippen LogP contribution in [0, 0.1) is 27.7 Å². The van der Waals surface area contributed by atoms with E-state index < -0.39 is 0 Å². The van der Waals surface area contributed by atoms with Crippen LogP contribution in [0.2, 0.25) is 0 Å². The summed E-state index contributed by atoms with van der Waals surface area (Å²) in [5.74, 6) is 0. The van der Waals surface area contributed by atoms with E-state index in [0.717, 1.165) is 97.3 Å². The summed E-state index contributed by atoms with van der Waals surface area (Å²) < 4.78 is 14.0. The molecule has 0 saturated carbocycles. The van der Waals surface area contributed by atoms with Crippen molar-refractivity contribution in [3.8, 4) is 0 Å². The normalized spacial score (nSPS) is 12.0. The molecule has 4 nitrogen and oxygen atoms in total. The number of rotatable bonds is 9. The lowest BCUT2D eigenvalue weighted by Crippen LogP contribution is -2.13. The van der Waals surface area contributed by atoms with Crippen molar-refractivity contribution in [2.75, 3.05) is 9.80 Å². The Morgan fingerprint density at radius 3 is 1.28 bits per heavy atom. The predicted octanol–water partition coefficient (Wildman–Crippen LogP) is 18.1. The molecule has 12 aromatic rings. The van der Waals surface area contributed by atoms with Gasteiger partial charge in [0.15, 0.2) is 11.2 Å². The second kappa shape index (κ2) is 15.0. The van der Waals surface area contributed by atoms with Crippen molar-refractivity contribution in [1.29, 1.82) is 0 Å². The SMILES string of the molecule is CCCc1cccc2c1oc1c(N(c3cc(C)ccc3C)c3ccc4ccc5c(N(c6cc(C)ccc6C)c6cccc7c6oc6c(CC)cccc67)ccc6ccc3c4c65)cccc12. The Kier molecular flexibility index (Phi) is 9.03. The minimum Gasteiger partial charge on any atom is -0.454 e. The molecule has 0 atom stereocenters. The maximum absolute atomic E-state index is 7.04. The van der Waals surface area contributed by atoms with Crippen LogP contribution >= 0.6 is 0 Å². The van der Waals surface area contributed by atoms with Crippen LogP contribution in [0.15, 0.2) is 167 Å². The zero-order chi connectivity index (χ0) is 44.1. The highest BCUT2D eigenvalue weighted by Crippen LogP contribution is 2.51. The summed E-state index contributed by atoms with van der Waals surface area (Å²) in [4.78, 5) is 4.90. The molecule has 0 fully saturated rings. The number of hydrogen-bond acceptors (Lipinski definition) is 4. The Hall–Kier alpha value is -7.56. The zero-order valence-electron chi connectivity index (χ0n) is 37.8. The molecule has 0 unspecified atom stereocenters. The van der Waals surface area contributed by atoms with Crippen molar-refractivity contribution < 1.29 is 8.83 Å². The minimum atomic E-state index is 0.892. The molecule has 0 bridgehead atoms. The second-order valence-corrected chi connectivity index (χ2v) is 18.0. The second-order valence-electron chi connectivity index (χ2n) is 18.0. The Labute approximate surface area is 379 Å². The largest absolute Gasteiger partial charge is 0.454 e. The molecule has 0 spiro atoms. The van der Waals surface area contributed by atoms with Gasteiger partial charge in [0, 0.05) is 43.7 Å². The van der Waals surface area contributed by atoms with Gasteiger partial charge in [0.2, 0.25) is 0 Å². The van der Waals surface area contributed by atoms with Gasteiger partial charge in [-0.3, -0.25) is 0 Å². The number of aryl methyl sites for hydroxylation is 6. The van der Waals surface area contributed by atoms with E-state index in [4.69, 9.17) is 8.83 Å². The smallest absolute Gasteiger partial charge is 0.159 e.